The van der Waals surface area contributed by atoms with Gasteiger partial charge < -0.3 is 9.64 Å². The summed E-state index contributed by atoms with van der Waals surface area (Å²) < 4.78 is 28.4. The van der Waals surface area contributed by atoms with Gasteiger partial charge >= 0.3 is 0 Å². The Hall–Kier alpha value is -1.44. The first-order chi connectivity index (χ1) is 9.82. The second-order valence-electron chi connectivity index (χ2n) is 5.41. The van der Waals surface area contributed by atoms with Gasteiger partial charge in [-0.15, -0.1) is 0 Å². The van der Waals surface area contributed by atoms with Crippen LogP contribution in [0.2, 0.25) is 0 Å². The molecule has 1 fully saturated rings. The summed E-state index contributed by atoms with van der Waals surface area (Å²) in [5.41, 5.74) is 0.967. The van der Waals surface area contributed by atoms with Crippen LogP contribution in [0.3, 0.4) is 0 Å². The van der Waals surface area contributed by atoms with E-state index in [1.165, 1.54) is 6.07 Å². The average molecular weight is 312 g/mol. The number of primary sulfonamides is 1. The van der Waals surface area contributed by atoms with Crippen LogP contribution in [0.4, 0.5) is 0 Å². The fourth-order valence-electron chi connectivity index (χ4n) is 2.62. The van der Waals surface area contributed by atoms with E-state index in [2.05, 4.69) is 0 Å². The van der Waals surface area contributed by atoms with Crippen LogP contribution in [0.15, 0.2) is 23.1 Å². The Morgan fingerprint density at radius 2 is 2.19 bits per heavy atom. The number of ether oxygens (including phenoxy) is 1. The minimum Gasteiger partial charge on any atom is -0.384 e. The molecule has 1 unspecified atom stereocenters. The molecule has 0 radical (unpaired) electrons. The highest BCUT2D eigenvalue weighted by Gasteiger charge is 2.29. The van der Waals surface area contributed by atoms with Gasteiger partial charge in [0.15, 0.2) is 0 Å². The van der Waals surface area contributed by atoms with Crippen molar-refractivity contribution in [1.29, 1.82) is 0 Å². The van der Waals surface area contributed by atoms with Crippen LogP contribution in [0.1, 0.15) is 22.3 Å². The van der Waals surface area contributed by atoms with E-state index in [0.29, 0.717) is 25.6 Å². The SMILES string of the molecule is COCC1CCN(C(=O)c2cc(C)ccc2S(N)(=O)=O)C1. The molecule has 0 spiro atoms. The molecule has 21 heavy (non-hydrogen) atoms. The second kappa shape index (κ2) is 6.13. The number of methoxy groups -OCH3 is 1. The van der Waals surface area contributed by atoms with Gasteiger partial charge in [-0.25, -0.2) is 13.6 Å². The molecule has 7 heteroatoms. The molecular weight excluding hydrogens is 292 g/mol. The normalized spacial score (nSPS) is 19.0. The molecule has 1 aliphatic rings. The van der Waals surface area contributed by atoms with Gasteiger partial charge in [-0.05, 0) is 25.5 Å². The van der Waals surface area contributed by atoms with Crippen LogP contribution < -0.4 is 5.14 Å². The topological polar surface area (TPSA) is 89.7 Å². The summed E-state index contributed by atoms with van der Waals surface area (Å²) >= 11 is 0. The van der Waals surface area contributed by atoms with Crippen molar-refractivity contribution in [3.63, 3.8) is 0 Å². The molecule has 0 aliphatic carbocycles. The summed E-state index contributed by atoms with van der Waals surface area (Å²) in [7, 11) is -2.29. The van der Waals surface area contributed by atoms with E-state index in [0.717, 1.165) is 12.0 Å². The molecule has 2 N–H and O–H groups in total. The van der Waals surface area contributed by atoms with Crippen molar-refractivity contribution in [2.24, 2.45) is 11.1 Å². The minimum atomic E-state index is -3.92. The number of rotatable bonds is 4. The van der Waals surface area contributed by atoms with Gasteiger partial charge in [0, 0.05) is 26.1 Å². The van der Waals surface area contributed by atoms with Crippen LogP contribution >= 0.6 is 0 Å². The first-order valence-electron chi connectivity index (χ1n) is 6.74. The number of carbonyl (C=O) groups is 1. The Morgan fingerprint density at radius 3 is 2.81 bits per heavy atom. The predicted octanol–water partition coefficient (Wildman–Crippen LogP) is 0.751. The van der Waals surface area contributed by atoms with Crippen molar-refractivity contribution in [1.82, 2.24) is 4.90 Å². The third-order valence-corrected chi connectivity index (χ3v) is 4.62. The first-order valence-corrected chi connectivity index (χ1v) is 8.29. The van der Waals surface area contributed by atoms with E-state index in [4.69, 9.17) is 9.88 Å². The van der Waals surface area contributed by atoms with Crippen LogP contribution in [0.25, 0.3) is 0 Å². The molecule has 0 bridgehead atoms. The van der Waals surface area contributed by atoms with Gasteiger partial charge in [0.05, 0.1) is 17.1 Å². The van der Waals surface area contributed by atoms with Gasteiger partial charge in [-0.3, -0.25) is 4.79 Å². The maximum Gasteiger partial charge on any atom is 0.255 e. The maximum atomic E-state index is 12.6. The molecule has 2 rings (SSSR count). The largest absolute Gasteiger partial charge is 0.384 e. The van der Waals surface area contributed by atoms with E-state index < -0.39 is 10.0 Å². The Balaban J connectivity index is 2.30. The van der Waals surface area contributed by atoms with Crippen LogP contribution in [-0.2, 0) is 14.8 Å². The van der Waals surface area contributed by atoms with Crippen molar-refractivity contribution in [2.45, 2.75) is 18.2 Å². The van der Waals surface area contributed by atoms with Crippen molar-refractivity contribution < 1.29 is 17.9 Å². The van der Waals surface area contributed by atoms with Gasteiger partial charge in [0.2, 0.25) is 10.0 Å². The minimum absolute atomic E-state index is 0.117. The average Bonchev–Trinajstić information content (AvgIpc) is 2.85. The molecule has 116 valence electrons. The number of benzene rings is 1. The van der Waals surface area contributed by atoms with Crippen molar-refractivity contribution in [2.75, 3.05) is 26.8 Å². The van der Waals surface area contributed by atoms with E-state index in [1.807, 2.05) is 0 Å². The van der Waals surface area contributed by atoms with E-state index in [1.54, 1.807) is 31.1 Å². The maximum absolute atomic E-state index is 12.6. The monoisotopic (exact) mass is 312 g/mol. The van der Waals surface area contributed by atoms with E-state index in [9.17, 15) is 13.2 Å². The number of hydrogen-bond acceptors (Lipinski definition) is 4. The standard InChI is InChI=1S/C14H20N2O4S/c1-10-3-4-13(21(15,18)19)12(7-10)14(17)16-6-5-11(8-16)9-20-2/h3-4,7,11H,5-6,8-9H2,1-2H3,(H2,15,18,19). The molecular formula is C14H20N2O4S. The van der Waals surface area contributed by atoms with Gasteiger partial charge in [-0.1, -0.05) is 11.6 Å². The van der Waals surface area contributed by atoms with Crippen LogP contribution in [-0.4, -0.2) is 46.0 Å². The van der Waals surface area contributed by atoms with E-state index >= 15 is 0 Å². The van der Waals surface area contributed by atoms with E-state index in [-0.39, 0.29) is 16.4 Å². The summed E-state index contributed by atoms with van der Waals surface area (Å²) in [6.45, 7) is 3.58. The highest BCUT2D eigenvalue weighted by atomic mass is 32.2. The number of carbonyl (C=O) groups excluding carboxylic acids is 1. The number of amides is 1. The number of sulfonamides is 1. The van der Waals surface area contributed by atoms with Gasteiger partial charge in [-0.2, -0.15) is 0 Å². The van der Waals surface area contributed by atoms with Crippen molar-refractivity contribution in [3.8, 4) is 0 Å². The molecule has 6 nitrogen and oxygen atoms in total. The third-order valence-electron chi connectivity index (χ3n) is 3.65. The predicted molar refractivity (Wildman–Crippen MR) is 78.4 cm³/mol. The number of aryl methyl sites for hydroxylation is 1. The molecule has 1 aromatic rings. The first kappa shape index (κ1) is 15.9. The van der Waals surface area contributed by atoms with Crippen LogP contribution in [0.5, 0.6) is 0 Å². The van der Waals surface area contributed by atoms with Crippen LogP contribution in [0, 0.1) is 12.8 Å². The zero-order chi connectivity index (χ0) is 15.6. The molecule has 1 atom stereocenters. The highest BCUT2D eigenvalue weighted by Crippen LogP contribution is 2.23. The Morgan fingerprint density at radius 1 is 1.48 bits per heavy atom. The van der Waals surface area contributed by atoms with Gasteiger partial charge in [0.1, 0.15) is 0 Å². The highest BCUT2D eigenvalue weighted by molar-refractivity contribution is 7.89. The van der Waals surface area contributed by atoms with Crippen molar-refractivity contribution in [3.05, 3.63) is 29.3 Å². The molecule has 1 aliphatic heterocycles. The fraction of sp³-hybridized carbons (Fsp3) is 0.500. The summed E-state index contributed by atoms with van der Waals surface area (Å²) in [4.78, 5) is 14.1. The molecule has 1 saturated heterocycles. The Bertz CT molecular complexity index is 642. The third kappa shape index (κ3) is 3.61. The van der Waals surface area contributed by atoms with Gasteiger partial charge in [0.25, 0.3) is 5.91 Å². The second-order valence-corrected chi connectivity index (χ2v) is 6.94. The summed E-state index contributed by atoms with van der Waals surface area (Å²) in [5, 5.41) is 5.20. The lowest BCUT2D eigenvalue weighted by Gasteiger charge is -2.18. The summed E-state index contributed by atoms with van der Waals surface area (Å²) in [6.07, 6.45) is 0.857. The number of hydrogen-bond donors (Lipinski definition) is 1. The molecule has 1 amide bonds. The Labute approximate surface area is 124 Å². The summed E-state index contributed by atoms with van der Waals surface area (Å²) in [5.74, 6) is 0.00280. The smallest absolute Gasteiger partial charge is 0.255 e. The zero-order valence-corrected chi connectivity index (χ0v) is 13.0. The zero-order valence-electron chi connectivity index (χ0n) is 12.2. The molecule has 1 aromatic carbocycles. The molecule has 1 heterocycles. The molecule has 0 aromatic heterocycles. The number of nitrogens with two attached hydrogens (primary N) is 1. The quantitative estimate of drug-likeness (QED) is 0.888. The number of nitrogens with zero attached hydrogens (tertiary/aromatic N) is 1. The lowest BCUT2D eigenvalue weighted by atomic mass is 10.1. The lowest BCUT2D eigenvalue weighted by Crippen LogP contribution is -2.31. The lowest BCUT2D eigenvalue weighted by molar-refractivity contribution is 0.0771. The van der Waals surface area contributed by atoms with Crippen molar-refractivity contribution >= 4 is 15.9 Å². The summed E-state index contributed by atoms with van der Waals surface area (Å²) in [6, 6.07) is 4.60. The Kier molecular flexibility index (Phi) is 4.65. The number of likely N-dealkylation sites (tertiary alicyclic amines) is 1. The fourth-order valence-corrected chi connectivity index (χ4v) is 3.33. The molecule has 0 saturated carbocycles.